The van der Waals surface area contributed by atoms with Crippen molar-refractivity contribution < 1.29 is 9.53 Å². The van der Waals surface area contributed by atoms with Gasteiger partial charge in [-0.05, 0) is 27.0 Å². The van der Waals surface area contributed by atoms with Crippen LogP contribution in [0.3, 0.4) is 0 Å². The first kappa shape index (κ1) is 12.4. The number of carbonyl (C=O) groups excluding carboxylic acids is 1. The Bertz CT molecular complexity index is 185. The molecule has 13 heavy (non-hydrogen) atoms. The minimum absolute atomic E-state index is 0.412. The van der Waals surface area contributed by atoms with E-state index < -0.39 is 11.7 Å². The normalized spacial score (nSPS) is 11.7. The van der Waals surface area contributed by atoms with Crippen molar-refractivity contribution in [3.05, 3.63) is 12.3 Å². The molecule has 0 atom stereocenters. The molecule has 0 saturated carbocycles. The summed E-state index contributed by atoms with van der Waals surface area (Å²) < 4.78 is 5.01. The summed E-state index contributed by atoms with van der Waals surface area (Å²) in [5.41, 5.74) is -0.433. The Labute approximate surface area is 83.9 Å². The maximum atomic E-state index is 11.0. The van der Waals surface area contributed by atoms with Crippen molar-refractivity contribution in [2.24, 2.45) is 0 Å². The minimum Gasteiger partial charge on any atom is -0.444 e. The van der Waals surface area contributed by atoms with Crippen LogP contribution in [0.4, 0.5) is 4.79 Å². The van der Waals surface area contributed by atoms with Gasteiger partial charge in [-0.3, -0.25) is 5.32 Å². The summed E-state index contributed by atoms with van der Waals surface area (Å²) in [5, 5.41) is 2.52. The van der Waals surface area contributed by atoms with Gasteiger partial charge in [0.15, 0.2) is 0 Å². The van der Waals surface area contributed by atoms with Crippen LogP contribution in [0, 0.1) is 0 Å². The highest BCUT2D eigenvalue weighted by molar-refractivity contribution is 7.98. The van der Waals surface area contributed by atoms with Gasteiger partial charge in [0, 0.05) is 12.0 Å². The molecular formula is C9H17NO2S. The first-order valence-corrected chi connectivity index (χ1v) is 5.48. The van der Waals surface area contributed by atoms with E-state index in [0.29, 0.717) is 0 Å². The van der Waals surface area contributed by atoms with Gasteiger partial charge in [0.25, 0.3) is 0 Å². The van der Waals surface area contributed by atoms with Crippen LogP contribution in [0.2, 0.25) is 0 Å². The highest BCUT2D eigenvalue weighted by Gasteiger charge is 2.14. The lowest BCUT2D eigenvalue weighted by atomic mass is 10.2. The van der Waals surface area contributed by atoms with Crippen LogP contribution in [0.25, 0.3) is 0 Å². The Hall–Kier alpha value is -0.640. The maximum absolute atomic E-state index is 11.0. The third-order valence-electron chi connectivity index (χ3n) is 0.981. The zero-order valence-corrected chi connectivity index (χ0v) is 9.40. The fourth-order valence-corrected chi connectivity index (χ4v) is 0.868. The van der Waals surface area contributed by atoms with Gasteiger partial charge in [-0.25, -0.2) is 4.79 Å². The number of nitrogens with one attached hydrogen (secondary N) is 1. The van der Waals surface area contributed by atoms with Crippen molar-refractivity contribution >= 4 is 17.9 Å². The van der Waals surface area contributed by atoms with Crippen LogP contribution < -0.4 is 5.32 Å². The monoisotopic (exact) mass is 203 g/mol. The van der Waals surface area contributed by atoms with Gasteiger partial charge in [-0.1, -0.05) is 6.08 Å². The number of hydrogen-bond acceptors (Lipinski definition) is 3. The van der Waals surface area contributed by atoms with Gasteiger partial charge in [-0.2, -0.15) is 11.8 Å². The fourth-order valence-electron chi connectivity index (χ4n) is 0.579. The number of amides is 1. The third kappa shape index (κ3) is 9.27. The molecule has 0 fully saturated rings. The predicted octanol–water partition coefficient (Wildman–Crippen LogP) is 2.39. The summed E-state index contributed by atoms with van der Waals surface area (Å²) in [5.74, 6) is 0.885. The highest BCUT2D eigenvalue weighted by Crippen LogP contribution is 2.06. The quantitative estimate of drug-likeness (QED) is 0.765. The first-order valence-electron chi connectivity index (χ1n) is 4.09. The van der Waals surface area contributed by atoms with Crippen molar-refractivity contribution in [1.29, 1.82) is 0 Å². The van der Waals surface area contributed by atoms with Crippen LogP contribution in [-0.4, -0.2) is 23.7 Å². The Morgan fingerprint density at radius 3 is 2.62 bits per heavy atom. The SMILES string of the molecule is CSC/C=C/NC(=O)OC(C)(C)C. The van der Waals surface area contributed by atoms with E-state index >= 15 is 0 Å². The van der Waals surface area contributed by atoms with Crippen molar-refractivity contribution in [2.75, 3.05) is 12.0 Å². The lowest BCUT2D eigenvalue weighted by Gasteiger charge is -2.18. The van der Waals surface area contributed by atoms with E-state index in [4.69, 9.17) is 4.74 Å². The third-order valence-corrected chi connectivity index (χ3v) is 1.51. The molecule has 0 saturated heterocycles. The summed E-state index contributed by atoms with van der Waals surface area (Å²) in [6.45, 7) is 5.49. The fraction of sp³-hybridized carbons (Fsp3) is 0.667. The largest absolute Gasteiger partial charge is 0.444 e. The van der Waals surface area contributed by atoms with Gasteiger partial charge in [-0.15, -0.1) is 0 Å². The second-order valence-electron chi connectivity index (χ2n) is 3.50. The molecule has 0 bridgehead atoms. The van der Waals surface area contributed by atoms with Crippen molar-refractivity contribution in [2.45, 2.75) is 26.4 Å². The second kappa shape index (κ2) is 5.91. The molecule has 0 heterocycles. The average molecular weight is 203 g/mol. The summed E-state index contributed by atoms with van der Waals surface area (Å²) in [4.78, 5) is 11.0. The summed E-state index contributed by atoms with van der Waals surface area (Å²) in [7, 11) is 0. The number of ether oxygens (including phenoxy) is 1. The standard InChI is InChI=1S/C9H17NO2S/c1-9(2,3)12-8(11)10-6-5-7-13-4/h5-6H,7H2,1-4H3,(H,10,11)/b6-5+. The van der Waals surface area contributed by atoms with E-state index in [2.05, 4.69) is 5.32 Å². The molecule has 3 nitrogen and oxygen atoms in total. The molecule has 0 aliphatic heterocycles. The van der Waals surface area contributed by atoms with E-state index in [-0.39, 0.29) is 0 Å². The zero-order valence-electron chi connectivity index (χ0n) is 8.59. The van der Waals surface area contributed by atoms with E-state index in [0.717, 1.165) is 5.75 Å². The van der Waals surface area contributed by atoms with E-state index in [1.807, 2.05) is 33.1 Å². The molecular weight excluding hydrogens is 186 g/mol. The molecule has 1 N–H and O–H groups in total. The lowest BCUT2D eigenvalue weighted by Crippen LogP contribution is -2.29. The molecule has 0 aromatic rings. The molecule has 0 aromatic carbocycles. The number of hydrogen-bond donors (Lipinski definition) is 1. The molecule has 0 rings (SSSR count). The number of thioether (sulfide) groups is 1. The maximum Gasteiger partial charge on any atom is 0.411 e. The molecule has 0 spiro atoms. The molecule has 76 valence electrons. The van der Waals surface area contributed by atoms with Crippen LogP contribution in [0.5, 0.6) is 0 Å². The lowest BCUT2D eigenvalue weighted by molar-refractivity contribution is 0.0552. The summed E-state index contributed by atoms with van der Waals surface area (Å²) >= 11 is 1.69. The van der Waals surface area contributed by atoms with Gasteiger partial charge < -0.3 is 4.74 Å². The molecule has 0 aromatic heterocycles. The number of carbonyl (C=O) groups is 1. The molecule has 0 radical (unpaired) electrons. The minimum atomic E-state index is -0.433. The summed E-state index contributed by atoms with van der Waals surface area (Å²) in [6, 6.07) is 0. The second-order valence-corrected chi connectivity index (χ2v) is 4.41. The first-order chi connectivity index (χ1) is 5.95. The molecule has 4 heteroatoms. The van der Waals surface area contributed by atoms with Gasteiger partial charge in [0.2, 0.25) is 0 Å². The highest BCUT2D eigenvalue weighted by atomic mass is 32.2. The van der Waals surface area contributed by atoms with Gasteiger partial charge in [0.1, 0.15) is 5.60 Å². The van der Waals surface area contributed by atoms with Crippen molar-refractivity contribution in [3.63, 3.8) is 0 Å². The van der Waals surface area contributed by atoms with Crippen LogP contribution in [0.1, 0.15) is 20.8 Å². The average Bonchev–Trinajstić information content (AvgIpc) is 1.94. The van der Waals surface area contributed by atoms with Gasteiger partial charge in [0.05, 0.1) is 0 Å². The van der Waals surface area contributed by atoms with Crippen LogP contribution >= 0.6 is 11.8 Å². The molecule has 0 aliphatic carbocycles. The van der Waals surface area contributed by atoms with E-state index in [9.17, 15) is 4.79 Å². The topological polar surface area (TPSA) is 38.3 Å². The van der Waals surface area contributed by atoms with Crippen molar-refractivity contribution in [1.82, 2.24) is 5.32 Å². The van der Waals surface area contributed by atoms with Crippen LogP contribution in [-0.2, 0) is 4.74 Å². The van der Waals surface area contributed by atoms with Crippen LogP contribution in [0.15, 0.2) is 12.3 Å². The molecule has 1 amide bonds. The smallest absolute Gasteiger partial charge is 0.411 e. The van der Waals surface area contributed by atoms with E-state index in [1.165, 1.54) is 0 Å². The van der Waals surface area contributed by atoms with E-state index in [1.54, 1.807) is 18.0 Å². The van der Waals surface area contributed by atoms with Gasteiger partial charge >= 0.3 is 6.09 Å². The predicted molar refractivity (Wildman–Crippen MR) is 56.9 cm³/mol. The Kier molecular flexibility index (Phi) is 5.62. The molecule has 0 unspecified atom stereocenters. The zero-order chi connectivity index (χ0) is 10.3. The number of rotatable bonds is 3. The van der Waals surface area contributed by atoms with Crippen molar-refractivity contribution in [3.8, 4) is 0 Å². The summed E-state index contributed by atoms with van der Waals surface area (Å²) in [6.07, 6.45) is 5.06. The number of alkyl carbamates (subject to hydrolysis) is 1. The Morgan fingerprint density at radius 1 is 1.54 bits per heavy atom. The Morgan fingerprint density at radius 2 is 2.15 bits per heavy atom. The Balaban J connectivity index is 3.64. The molecule has 0 aliphatic rings.